The van der Waals surface area contributed by atoms with E-state index in [9.17, 15) is 8.78 Å². The van der Waals surface area contributed by atoms with E-state index in [1.807, 2.05) is 13.8 Å². The van der Waals surface area contributed by atoms with Crippen molar-refractivity contribution in [2.24, 2.45) is 5.73 Å². The van der Waals surface area contributed by atoms with Crippen LogP contribution in [0.2, 0.25) is 0 Å². The van der Waals surface area contributed by atoms with Crippen molar-refractivity contribution in [3.63, 3.8) is 0 Å². The molecule has 1 aromatic carbocycles. The number of allylic oxidation sites excluding steroid dienone is 2. The summed E-state index contributed by atoms with van der Waals surface area (Å²) in [5.74, 6) is -0.664. The summed E-state index contributed by atoms with van der Waals surface area (Å²) in [6.45, 7) is 7.21. The van der Waals surface area contributed by atoms with Crippen LogP contribution in [0.15, 0.2) is 29.6 Å². The highest BCUT2D eigenvalue weighted by atomic mass is 19.1. The highest BCUT2D eigenvalue weighted by Gasteiger charge is 2.21. The Balaban J connectivity index is 3.62. The van der Waals surface area contributed by atoms with Crippen LogP contribution in [0, 0.1) is 18.6 Å². The van der Waals surface area contributed by atoms with Gasteiger partial charge in [-0.15, -0.1) is 0 Å². The van der Waals surface area contributed by atoms with Gasteiger partial charge in [0.25, 0.3) is 0 Å². The molecular formula is C16H22F2N2. The van der Waals surface area contributed by atoms with Crippen molar-refractivity contribution in [3.8, 4) is 0 Å². The molecule has 0 aliphatic rings. The van der Waals surface area contributed by atoms with Gasteiger partial charge >= 0.3 is 0 Å². The van der Waals surface area contributed by atoms with Gasteiger partial charge in [0.05, 0.1) is 17.1 Å². The van der Waals surface area contributed by atoms with E-state index in [1.165, 1.54) is 12.1 Å². The minimum absolute atomic E-state index is 0.0170. The van der Waals surface area contributed by atoms with Crippen LogP contribution >= 0.6 is 0 Å². The molecule has 2 N–H and O–H groups in total. The second-order valence-electron chi connectivity index (χ2n) is 4.81. The Hall–Kier alpha value is -1.84. The van der Waals surface area contributed by atoms with E-state index in [0.717, 1.165) is 5.57 Å². The molecule has 0 unspecified atom stereocenters. The first-order valence-corrected chi connectivity index (χ1v) is 6.65. The van der Waals surface area contributed by atoms with E-state index in [2.05, 4.69) is 0 Å². The zero-order valence-corrected chi connectivity index (χ0v) is 12.7. The average Bonchev–Trinajstić information content (AvgIpc) is 2.45. The highest BCUT2D eigenvalue weighted by molar-refractivity contribution is 5.69. The lowest BCUT2D eigenvalue weighted by molar-refractivity contribution is 0.534. The molecule has 0 amide bonds. The van der Waals surface area contributed by atoms with E-state index in [-0.39, 0.29) is 5.56 Å². The van der Waals surface area contributed by atoms with Gasteiger partial charge in [0.15, 0.2) is 0 Å². The quantitative estimate of drug-likeness (QED) is 0.897. The third-order valence-corrected chi connectivity index (χ3v) is 3.47. The zero-order chi connectivity index (χ0) is 15.4. The predicted molar refractivity (Wildman–Crippen MR) is 79.7 cm³/mol. The molecule has 0 fully saturated rings. The highest BCUT2D eigenvalue weighted by Crippen LogP contribution is 2.31. The lowest BCUT2D eigenvalue weighted by Crippen LogP contribution is -2.24. The molecule has 1 aromatic rings. The van der Waals surface area contributed by atoms with Crippen molar-refractivity contribution in [1.82, 2.24) is 4.90 Å². The Bertz CT molecular complexity index is 560. The van der Waals surface area contributed by atoms with Gasteiger partial charge in [0.2, 0.25) is 0 Å². The van der Waals surface area contributed by atoms with E-state index in [0.29, 0.717) is 23.5 Å². The van der Waals surface area contributed by atoms with Crippen LogP contribution in [0.25, 0.3) is 5.70 Å². The van der Waals surface area contributed by atoms with Crippen LogP contribution in [0.3, 0.4) is 0 Å². The van der Waals surface area contributed by atoms with Crippen molar-refractivity contribution >= 4 is 5.70 Å². The molecule has 0 aromatic heterocycles. The molecule has 0 radical (unpaired) electrons. The number of halogens is 2. The van der Waals surface area contributed by atoms with Crippen LogP contribution in [-0.4, -0.2) is 11.9 Å². The second kappa shape index (κ2) is 6.55. The summed E-state index contributed by atoms with van der Waals surface area (Å²) in [6, 6.07) is 2.72. The fourth-order valence-electron chi connectivity index (χ4n) is 2.03. The van der Waals surface area contributed by atoms with Crippen LogP contribution in [0.4, 0.5) is 8.78 Å². The van der Waals surface area contributed by atoms with Gasteiger partial charge in [0, 0.05) is 7.05 Å². The smallest absolute Gasteiger partial charge is 0.138 e. The molecule has 20 heavy (non-hydrogen) atoms. The minimum atomic E-state index is -0.577. The maximum atomic E-state index is 14.4. The topological polar surface area (TPSA) is 29.3 Å². The van der Waals surface area contributed by atoms with Gasteiger partial charge in [0.1, 0.15) is 11.6 Å². The second-order valence-corrected chi connectivity index (χ2v) is 4.81. The summed E-state index contributed by atoms with van der Waals surface area (Å²) >= 11 is 0. The number of rotatable bonds is 4. The summed E-state index contributed by atoms with van der Waals surface area (Å²) in [6.07, 6.45) is 2.39. The number of aryl methyl sites for hydroxylation is 1. The first-order chi connectivity index (χ1) is 9.34. The third-order valence-electron chi connectivity index (χ3n) is 3.47. The summed E-state index contributed by atoms with van der Waals surface area (Å²) in [5.41, 5.74) is 7.65. The number of nitrogens with zero attached hydrogens (tertiary/aromatic N) is 1. The predicted octanol–water partition coefficient (Wildman–Crippen LogP) is 4.17. The van der Waals surface area contributed by atoms with Crippen LogP contribution in [0.1, 0.15) is 38.3 Å². The molecule has 0 aliphatic heterocycles. The van der Waals surface area contributed by atoms with E-state index < -0.39 is 11.6 Å². The Morgan fingerprint density at radius 1 is 1.35 bits per heavy atom. The molecule has 2 nitrogen and oxygen atoms in total. The van der Waals surface area contributed by atoms with Gasteiger partial charge in [-0.2, -0.15) is 0 Å². The summed E-state index contributed by atoms with van der Waals surface area (Å²) in [5, 5.41) is 0. The first-order valence-electron chi connectivity index (χ1n) is 6.65. The van der Waals surface area contributed by atoms with Crippen molar-refractivity contribution in [2.45, 2.75) is 34.1 Å². The summed E-state index contributed by atoms with van der Waals surface area (Å²) < 4.78 is 28.5. The average molecular weight is 280 g/mol. The van der Waals surface area contributed by atoms with E-state index in [1.54, 1.807) is 31.9 Å². The summed E-state index contributed by atoms with van der Waals surface area (Å²) in [4.78, 5) is 1.62. The van der Waals surface area contributed by atoms with Crippen LogP contribution in [0.5, 0.6) is 0 Å². The SMILES string of the molecule is C/C=C(\N)N(C)/C(=C(\C)CC)c1c(F)ccc(C)c1F. The maximum absolute atomic E-state index is 14.4. The van der Waals surface area contributed by atoms with Crippen molar-refractivity contribution in [3.05, 3.63) is 52.4 Å². The van der Waals surface area contributed by atoms with Gasteiger partial charge in [-0.3, -0.25) is 0 Å². The van der Waals surface area contributed by atoms with Crippen molar-refractivity contribution < 1.29 is 8.78 Å². The number of hydrogen-bond acceptors (Lipinski definition) is 2. The normalized spacial score (nSPS) is 13.2. The fourth-order valence-corrected chi connectivity index (χ4v) is 2.03. The summed E-state index contributed by atoms with van der Waals surface area (Å²) in [7, 11) is 1.71. The maximum Gasteiger partial charge on any atom is 0.138 e. The molecule has 0 spiro atoms. The van der Waals surface area contributed by atoms with Gasteiger partial charge in [-0.05, 0) is 50.5 Å². The molecule has 0 aliphatic carbocycles. The molecule has 0 saturated heterocycles. The van der Waals surface area contributed by atoms with Crippen LogP contribution < -0.4 is 5.73 Å². The molecule has 0 bridgehead atoms. The lowest BCUT2D eigenvalue weighted by atomic mass is 10.0. The Kier molecular flexibility index (Phi) is 5.31. The lowest BCUT2D eigenvalue weighted by Gasteiger charge is -2.26. The third kappa shape index (κ3) is 3.00. The standard InChI is InChI=1S/C16H22F2N2/c1-6-10(3)16(20(5)13(19)7-2)14-12(17)9-8-11(4)15(14)18/h7-9H,6,19H2,1-5H3/b13-7+,16-10+. The fraction of sp³-hybridized carbons (Fsp3) is 0.375. The minimum Gasteiger partial charge on any atom is -0.385 e. The Morgan fingerprint density at radius 2 is 1.95 bits per heavy atom. The Labute approximate surface area is 119 Å². The molecule has 4 heteroatoms. The number of nitrogens with two attached hydrogens (primary N) is 1. The van der Waals surface area contributed by atoms with Crippen molar-refractivity contribution in [1.29, 1.82) is 0 Å². The monoisotopic (exact) mass is 280 g/mol. The van der Waals surface area contributed by atoms with Gasteiger partial charge in [-0.25, -0.2) is 8.78 Å². The molecule has 0 heterocycles. The van der Waals surface area contributed by atoms with Gasteiger partial charge < -0.3 is 10.6 Å². The van der Waals surface area contributed by atoms with E-state index in [4.69, 9.17) is 5.73 Å². The molecule has 1 rings (SSSR count). The largest absolute Gasteiger partial charge is 0.385 e. The first kappa shape index (κ1) is 16.2. The van der Waals surface area contributed by atoms with E-state index >= 15 is 0 Å². The molecule has 110 valence electrons. The van der Waals surface area contributed by atoms with Gasteiger partial charge in [-0.1, -0.05) is 13.0 Å². The molecule has 0 atom stereocenters. The zero-order valence-electron chi connectivity index (χ0n) is 12.7. The van der Waals surface area contributed by atoms with Crippen molar-refractivity contribution in [2.75, 3.05) is 7.05 Å². The molecular weight excluding hydrogens is 258 g/mol. The Morgan fingerprint density at radius 3 is 2.45 bits per heavy atom. The number of benzene rings is 1. The molecule has 0 saturated carbocycles. The number of hydrogen-bond donors (Lipinski definition) is 1. The van der Waals surface area contributed by atoms with Crippen LogP contribution in [-0.2, 0) is 0 Å².